The lowest BCUT2D eigenvalue weighted by Crippen LogP contribution is -2.24. The lowest BCUT2D eigenvalue weighted by molar-refractivity contribution is 0.579. The van der Waals surface area contributed by atoms with Crippen molar-refractivity contribution in [3.05, 3.63) is 22.8 Å². The number of halogens is 1. The average Bonchev–Trinajstić information content (AvgIpc) is 2.71. The zero-order valence-electron chi connectivity index (χ0n) is 7.98. The van der Waals surface area contributed by atoms with Crippen LogP contribution in [0.4, 0.5) is 0 Å². The lowest BCUT2D eigenvalue weighted by atomic mass is 10.4. The molecule has 4 nitrogen and oxygen atoms in total. The Labute approximate surface area is 97.1 Å². The molecule has 1 saturated heterocycles. The minimum absolute atomic E-state index is 0.158. The van der Waals surface area contributed by atoms with E-state index < -0.39 is 9.84 Å². The predicted octanol–water partition coefficient (Wildman–Crippen LogP) is 0.980. The first kappa shape index (κ1) is 11.0. The molecular weight excluding hydrogens is 280 g/mol. The van der Waals surface area contributed by atoms with E-state index in [-0.39, 0.29) is 10.3 Å². The first-order valence-electron chi connectivity index (χ1n) is 4.68. The van der Waals surface area contributed by atoms with Gasteiger partial charge in [-0.15, -0.1) is 0 Å². The minimum Gasteiger partial charge on any atom is -0.315 e. The Bertz CT molecular complexity index is 455. The van der Waals surface area contributed by atoms with Crippen LogP contribution in [-0.4, -0.2) is 31.7 Å². The van der Waals surface area contributed by atoms with E-state index in [4.69, 9.17) is 0 Å². The van der Waals surface area contributed by atoms with Crippen molar-refractivity contribution < 1.29 is 8.42 Å². The Morgan fingerprint density at radius 3 is 2.87 bits per heavy atom. The predicted molar refractivity (Wildman–Crippen MR) is 60.4 cm³/mol. The van der Waals surface area contributed by atoms with E-state index in [1.807, 2.05) is 0 Å². The van der Waals surface area contributed by atoms with Crippen LogP contribution < -0.4 is 5.32 Å². The number of pyridine rings is 1. The van der Waals surface area contributed by atoms with E-state index in [1.165, 1.54) is 0 Å². The molecule has 1 aliphatic rings. The molecule has 0 saturated carbocycles. The lowest BCUT2D eigenvalue weighted by Gasteiger charge is -2.09. The first-order valence-corrected chi connectivity index (χ1v) is 7.02. The maximum atomic E-state index is 12.1. The molecule has 1 N–H and O–H groups in total. The summed E-state index contributed by atoms with van der Waals surface area (Å²) in [6, 6.07) is 4.94. The molecule has 0 aliphatic carbocycles. The number of aromatic nitrogens is 1. The van der Waals surface area contributed by atoms with Gasteiger partial charge in [0.1, 0.15) is 4.60 Å². The maximum Gasteiger partial charge on any atom is 0.199 e. The van der Waals surface area contributed by atoms with Gasteiger partial charge in [0.05, 0.1) is 5.25 Å². The Balaban J connectivity index is 2.36. The fourth-order valence-corrected chi connectivity index (χ4v) is 3.67. The molecule has 0 spiro atoms. The van der Waals surface area contributed by atoms with Crippen molar-refractivity contribution in [2.24, 2.45) is 0 Å². The normalized spacial score (nSPS) is 21.8. The van der Waals surface area contributed by atoms with Gasteiger partial charge in [-0.2, -0.15) is 0 Å². The second kappa shape index (κ2) is 4.19. The first-order chi connectivity index (χ1) is 7.10. The number of hydrogen-bond acceptors (Lipinski definition) is 4. The summed E-state index contributed by atoms with van der Waals surface area (Å²) >= 11 is 3.17. The van der Waals surface area contributed by atoms with Gasteiger partial charge < -0.3 is 5.32 Å². The third kappa shape index (κ3) is 2.21. The molecule has 0 amide bonds. The van der Waals surface area contributed by atoms with Gasteiger partial charge >= 0.3 is 0 Å². The smallest absolute Gasteiger partial charge is 0.199 e. The highest BCUT2D eigenvalue weighted by Gasteiger charge is 2.31. The van der Waals surface area contributed by atoms with Crippen LogP contribution in [0.5, 0.6) is 0 Å². The summed E-state index contributed by atoms with van der Waals surface area (Å²) in [6.07, 6.45) is 0.663. The van der Waals surface area contributed by atoms with Crippen molar-refractivity contribution in [1.29, 1.82) is 0 Å². The summed E-state index contributed by atoms with van der Waals surface area (Å²) in [4.78, 5) is 3.99. The summed E-state index contributed by atoms with van der Waals surface area (Å²) in [7, 11) is -3.26. The molecule has 2 heterocycles. The molecule has 1 atom stereocenters. The summed E-state index contributed by atoms with van der Waals surface area (Å²) in [5.74, 6) is 0. The fourth-order valence-electron chi connectivity index (χ4n) is 1.61. The van der Waals surface area contributed by atoms with Gasteiger partial charge in [0.25, 0.3) is 0 Å². The minimum atomic E-state index is -3.26. The third-order valence-electron chi connectivity index (χ3n) is 2.43. The van der Waals surface area contributed by atoms with E-state index in [2.05, 4.69) is 26.2 Å². The van der Waals surface area contributed by atoms with E-state index in [0.717, 1.165) is 6.54 Å². The molecule has 0 bridgehead atoms. The van der Waals surface area contributed by atoms with E-state index >= 15 is 0 Å². The molecule has 1 aliphatic heterocycles. The molecule has 15 heavy (non-hydrogen) atoms. The van der Waals surface area contributed by atoms with Crippen LogP contribution in [0.2, 0.25) is 0 Å². The number of rotatable bonds is 2. The van der Waals surface area contributed by atoms with E-state index in [1.54, 1.807) is 18.2 Å². The molecule has 82 valence electrons. The van der Waals surface area contributed by atoms with Crippen LogP contribution in [-0.2, 0) is 9.84 Å². The Kier molecular flexibility index (Phi) is 3.08. The number of hydrogen-bond donors (Lipinski definition) is 1. The average molecular weight is 291 g/mol. The van der Waals surface area contributed by atoms with Crippen LogP contribution in [0.3, 0.4) is 0 Å². The van der Waals surface area contributed by atoms with Crippen LogP contribution in [0.25, 0.3) is 0 Å². The highest BCUT2D eigenvalue weighted by Crippen LogP contribution is 2.19. The molecule has 0 aromatic carbocycles. The van der Waals surface area contributed by atoms with Gasteiger partial charge in [0, 0.05) is 6.54 Å². The second-order valence-electron chi connectivity index (χ2n) is 3.46. The van der Waals surface area contributed by atoms with Gasteiger partial charge in [-0.05, 0) is 41.0 Å². The Morgan fingerprint density at radius 1 is 1.47 bits per heavy atom. The van der Waals surface area contributed by atoms with Crippen molar-refractivity contribution in [2.75, 3.05) is 13.1 Å². The van der Waals surface area contributed by atoms with Crippen molar-refractivity contribution in [1.82, 2.24) is 10.3 Å². The van der Waals surface area contributed by atoms with Crippen LogP contribution in [0.15, 0.2) is 27.8 Å². The zero-order chi connectivity index (χ0) is 10.9. The monoisotopic (exact) mass is 290 g/mol. The molecular formula is C9H11BrN2O2S. The summed E-state index contributed by atoms with van der Waals surface area (Å²) in [6.45, 7) is 1.29. The second-order valence-corrected chi connectivity index (χ2v) is 6.45. The van der Waals surface area contributed by atoms with Gasteiger partial charge in [-0.3, -0.25) is 0 Å². The zero-order valence-corrected chi connectivity index (χ0v) is 10.4. The molecule has 0 radical (unpaired) electrons. The number of nitrogens with one attached hydrogen (secondary N) is 1. The summed E-state index contributed by atoms with van der Waals surface area (Å²) in [5.41, 5.74) is 0. The van der Waals surface area contributed by atoms with Crippen molar-refractivity contribution in [3.63, 3.8) is 0 Å². The van der Waals surface area contributed by atoms with Gasteiger partial charge in [-0.25, -0.2) is 13.4 Å². The maximum absolute atomic E-state index is 12.1. The molecule has 1 aromatic rings. The molecule has 0 unspecified atom stereocenters. The fraction of sp³-hybridized carbons (Fsp3) is 0.444. The largest absolute Gasteiger partial charge is 0.315 e. The number of nitrogens with zero attached hydrogens (tertiary/aromatic N) is 1. The molecule has 6 heteroatoms. The van der Waals surface area contributed by atoms with Gasteiger partial charge in [0.15, 0.2) is 14.9 Å². The van der Waals surface area contributed by atoms with Crippen molar-refractivity contribution in [3.8, 4) is 0 Å². The van der Waals surface area contributed by atoms with Gasteiger partial charge in [0.2, 0.25) is 0 Å². The topological polar surface area (TPSA) is 59.1 Å². The van der Waals surface area contributed by atoms with Gasteiger partial charge in [-0.1, -0.05) is 6.07 Å². The third-order valence-corrected chi connectivity index (χ3v) is 4.97. The molecule has 2 rings (SSSR count). The van der Waals surface area contributed by atoms with Crippen LogP contribution in [0, 0.1) is 0 Å². The van der Waals surface area contributed by atoms with Crippen molar-refractivity contribution in [2.45, 2.75) is 16.7 Å². The summed E-state index contributed by atoms with van der Waals surface area (Å²) < 4.78 is 24.7. The quantitative estimate of drug-likeness (QED) is 0.825. The van der Waals surface area contributed by atoms with E-state index in [0.29, 0.717) is 17.6 Å². The highest BCUT2D eigenvalue weighted by atomic mass is 79.9. The standard InChI is InChI=1S/C9H11BrN2O2S/c10-8-2-1-3-9(12-8)15(13,14)7-4-5-11-6-7/h1-3,7,11H,4-6H2/t7-/m0/s1. The van der Waals surface area contributed by atoms with Crippen molar-refractivity contribution >= 4 is 25.8 Å². The summed E-state index contributed by atoms with van der Waals surface area (Å²) in [5, 5.41) is 2.87. The van der Waals surface area contributed by atoms with Crippen LogP contribution in [0.1, 0.15) is 6.42 Å². The Hall–Kier alpha value is -0.460. The Morgan fingerprint density at radius 2 is 2.27 bits per heavy atom. The van der Waals surface area contributed by atoms with Crippen LogP contribution >= 0.6 is 15.9 Å². The SMILES string of the molecule is O=S(=O)(c1cccc(Br)n1)[C@H]1CCNC1. The van der Waals surface area contributed by atoms with E-state index in [9.17, 15) is 8.42 Å². The molecule has 1 fully saturated rings. The molecule has 1 aromatic heterocycles. The number of sulfone groups is 1. The highest BCUT2D eigenvalue weighted by molar-refractivity contribution is 9.10.